The maximum Gasteiger partial charge on any atom is 0.231 e. The van der Waals surface area contributed by atoms with Gasteiger partial charge in [0.15, 0.2) is 5.82 Å². The molecule has 15 heavy (non-hydrogen) atoms. The van der Waals surface area contributed by atoms with Gasteiger partial charge in [0.05, 0.1) is 5.92 Å². The van der Waals surface area contributed by atoms with Crippen LogP contribution in [0.3, 0.4) is 0 Å². The fourth-order valence-corrected chi connectivity index (χ4v) is 2.23. The lowest BCUT2D eigenvalue weighted by Gasteiger charge is -2.14. The topological polar surface area (TPSA) is 51.0 Å². The lowest BCUT2D eigenvalue weighted by atomic mass is 10.0. The van der Waals surface area contributed by atoms with Crippen molar-refractivity contribution in [1.29, 1.82) is 0 Å². The molecule has 0 radical (unpaired) electrons. The summed E-state index contributed by atoms with van der Waals surface area (Å²) >= 11 is 0. The highest BCUT2D eigenvalue weighted by Crippen LogP contribution is 2.33. The molecule has 0 aliphatic heterocycles. The first-order valence-corrected chi connectivity index (χ1v) is 5.73. The van der Waals surface area contributed by atoms with E-state index in [1.54, 1.807) is 0 Å². The van der Waals surface area contributed by atoms with Crippen molar-refractivity contribution in [2.24, 2.45) is 0 Å². The Labute approximate surface area is 90.4 Å². The second-order valence-corrected chi connectivity index (χ2v) is 4.58. The quantitative estimate of drug-likeness (QED) is 0.827. The van der Waals surface area contributed by atoms with Crippen LogP contribution in [-0.2, 0) is 0 Å². The molecule has 1 fully saturated rings. The smallest absolute Gasteiger partial charge is 0.231 e. The minimum absolute atomic E-state index is 0.344. The Morgan fingerprint density at radius 3 is 2.80 bits per heavy atom. The van der Waals surface area contributed by atoms with Gasteiger partial charge in [0, 0.05) is 12.0 Å². The van der Waals surface area contributed by atoms with Gasteiger partial charge in [-0.05, 0) is 19.9 Å². The highest BCUT2D eigenvalue weighted by molar-refractivity contribution is 5.03. The Morgan fingerprint density at radius 2 is 2.20 bits per heavy atom. The maximum absolute atomic E-state index is 5.34. The van der Waals surface area contributed by atoms with Crippen LogP contribution in [-0.4, -0.2) is 23.2 Å². The first kappa shape index (κ1) is 10.6. The van der Waals surface area contributed by atoms with Crippen molar-refractivity contribution in [3.05, 3.63) is 11.7 Å². The summed E-state index contributed by atoms with van der Waals surface area (Å²) in [6.07, 6.45) is 3.61. The highest BCUT2D eigenvalue weighted by atomic mass is 16.5. The van der Waals surface area contributed by atoms with Crippen LogP contribution in [0.4, 0.5) is 0 Å². The van der Waals surface area contributed by atoms with Crippen molar-refractivity contribution in [3.63, 3.8) is 0 Å². The van der Waals surface area contributed by atoms with Crippen molar-refractivity contribution < 1.29 is 4.52 Å². The fraction of sp³-hybridized carbons (Fsp3) is 0.818. The van der Waals surface area contributed by atoms with Gasteiger partial charge in [0.2, 0.25) is 5.89 Å². The molecule has 1 aromatic rings. The summed E-state index contributed by atoms with van der Waals surface area (Å²) in [4.78, 5) is 4.47. The molecule has 84 valence electrons. The van der Waals surface area contributed by atoms with Crippen LogP contribution < -0.4 is 5.32 Å². The van der Waals surface area contributed by atoms with Crippen LogP contribution in [0, 0.1) is 0 Å². The monoisotopic (exact) mass is 209 g/mol. The zero-order chi connectivity index (χ0) is 10.8. The third kappa shape index (κ3) is 2.04. The number of likely N-dealkylation sites (N-methyl/N-ethyl adjacent to an activating group) is 1. The van der Waals surface area contributed by atoms with E-state index in [4.69, 9.17) is 4.52 Å². The van der Waals surface area contributed by atoms with Crippen molar-refractivity contribution in [3.8, 4) is 0 Å². The van der Waals surface area contributed by atoms with E-state index in [9.17, 15) is 0 Å². The molecule has 0 aromatic carbocycles. The molecule has 2 atom stereocenters. The van der Waals surface area contributed by atoms with Gasteiger partial charge in [-0.2, -0.15) is 4.98 Å². The van der Waals surface area contributed by atoms with Crippen LogP contribution in [0.15, 0.2) is 4.52 Å². The van der Waals surface area contributed by atoms with Gasteiger partial charge in [0.25, 0.3) is 0 Å². The van der Waals surface area contributed by atoms with E-state index in [0.29, 0.717) is 17.9 Å². The van der Waals surface area contributed by atoms with Crippen molar-refractivity contribution in [2.75, 3.05) is 7.05 Å². The van der Waals surface area contributed by atoms with Crippen molar-refractivity contribution >= 4 is 0 Å². The molecule has 4 nitrogen and oxygen atoms in total. The lowest BCUT2D eigenvalue weighted by molar-refractivity contribution is 0.331. The molecular weight excluding hydrogens is 190 g/mol. The Balaban J connectivity index is 2.14. The van der Waals surface area contributed by atoms with Gasteiger partial charge in [-0.15, -0.1) is 0 Å². The average molecular weight is 209 g/mol. The van der Waals surface area contributed by atoms with Crippen LogP contribution in [0.5, 0.6) is 0 Å². The van der Waals surface area contributed by atoms with Crippen LogP contribution in [0.1, 0.15) is 56.7 Å². The largest absolute Gasteiger partial charge is 0.339 e. The first-order valence-electron chi connectivity index (χ1n) is 5.73. The highest BCUT2D eigenvalue weighted by Gasteiger charge is 2.31. The Kier molecular flexibility index (Phi) is 3.05. The van der Waals surface area contributed by atoms with E-state index in [1.807, 2.05) is 7.05 Å². The lowest BCUT2D eigenvalue weighted by Crippen LogP contribution is -2.27. The van der Waals surface area contributed by atoms with E-state index >= 15 is 0 Å². The fourth-order valence-electron chi connectivity index (χ4n) is 2.23. The standard InChI is InChI=1S/C11H19N3O/c1-7(2)10-13-11(15-14-10)8-5-4-6-9(8)12-3/h7-9,12H,4-6H2,1-3H3/t8-,9+/m1/s1. The van der Waals surface area contributed by atoms with Gasteiger partial charge in [-0.25, -0.2) is 0 Å². The Bertz CT molecular complexity index is 321. The minimum Gasteiger partial charge on any atom is -0.339 e. The predicted octanol–water partition coefficient (Wildman–Crippen LogP) is 2.05. The molecule has 1 heterocycles. The molecule has 0 bridgehead atoms. The van der Waals surface area contributed by atoms with Crippen LogP contribution in [0.25, 0.3) is 0 Å². The van der Waals surface area contributed by atoms with E-state index in [-0.39, 0.29) is 0 Å². The van der Waals surface area contributed by atoms with E-state index < -0.39 is 0 Å². The third-order valence-corrected chi connectivity index (χ3v) is 3.18. The summed E-state index contributed by atoms with van der Waals surface area (Å²) < 4.78 is 5.34. The maximum atomic E-state index is 5.34. The zero-order valence-electron chi connectivity index (χ0n) is 9.66. The summed E-state index contributed by atoms with van der Waals surface area (Å²) in [5.41, 5.74) is 0. The molecule has 1 saturated carbocycles. The van der Waals surface area contributed by atoms with Gasteiger partial charge in [0.1, 0.15) is 0 Å². The predicted molar refractivity (Wildman–Crippen MR) is 57.8 cm³/mol. The van der Waals surface area contributed by atoms with Gasteiger partial charge in [-0.3, -0.25) is 0 Å². The van der Waals surface area contributed by atoms with Gasteiger partial charge >= 0.3 is 0 Å². The number of hydrogen-bond donors (Lipinski definition) is 1. The second-order valence-electron chi connectivity index (χ2n) is 4.58. The normalized spacial score (nSPS) is 26.4. The molecule has 1 aliphatic rings. The zero-order valence-corrected chi connectivity index (χ0v) is 9.66. The molecule has 0 saturated heterocycles. The number of nitrogens with one attached hydrogen (secondary N) is 1. The number of aromatic nitrogens is 2. The number of nitrogens with zero attached hydrogens (tertiary/aromatic N) is 2. The van der Waals surface area contributed by atoms with Crippen molar-refractivity contribution in [1.82, 2.24) is 15.5 Å². The van der Waals surface area contributed by atoms with E-state index in [2.05, 4.69) is 29.3 Å². The van der Waals surface area contributed by atoms with Gasteiger partial charge < -0.3 is 9.84 Å². The minimum atomic E-state index is 0.344. The van der Waals surface area contributed by atoms with E-state index in [0.717, 1.165) is 18.1 Å². The van der Waals surface area contributed by atoms with Crippen LogP contribution in [0.2, 0.25) is 0 Å². The van der Waals surface area contributed by atoms with Gasteiger partial charge in [-0.1, -0.05) is 25.4 Å². The summed E-state index contributed by atoms with van der Waals surface area (Å²) in [5.74, 6) is 2.40. The van der Waals surface area contributed by atoms with Crippen LogP contribution >= 0.6 is 0 Å². The molecule has 0 unspecified atom stereocenters. The summed E-state index contributed by atoms with van der Waals surface area (Å²) in [6.45, 7) is 4.16. The molecule has 1 aromatic heterocycles. The Morgan fingerprint density at radius 1 is 1.40 bits per heavy atom. The molecule has 4 heteroatoms. The second kappa shape index (κ2) is 4.31. The molecule has 1 aliphatic carbocycles. The molecule has 1 N–H and O–H groups in total. The van der Waals surface area contributed by atoms with Crippen molar-refractivity contribution in [2.45, 2.75) is 51.0 Å². The molecule has 0 amide bonds. The molecule has 0 spiro atoms. The van der Waals surface area contributed by atoms with E-state index in [1.165, 1.54) is 12.8 Å². The number of rotatable bonds is 3. The Hall–Kier alpha value is -0.900. The first-order chi connectivity index (χ1) is 7.22. The average Bonchev–Trinajstić information content (AvgIpc) is 2.85. The number of hydrogen-bond acceptors (Lipinski definition) is 4. The summed E-state index contributed by atoms with van der Waals surface area (Å²) in [6, 6.07) is 0.505. The molecular formula is C11H19N3O. The SMILES string of the molecule is CN[C@H]1CCC[C@H]1c1nc(C(C)C)no1. The summed E-state index contributed by atoms with van der Waals surface area (Å²) in [7, 11) is 2.00. The molecule has 2 rings (SSSR count). The third-order valence-electron chi connectivity index (χ3n) is 3.18. The summed E-state index contributed by atoms with van der Waals surface area (Å²) in [5, 5.41) is 7.34.